The van der Waals surface area contributed by atoms with Gasteiger partial charge in [-0.1, -0.05) is 158 Å². The molecule has 1 saturated heterocycles. The first-order valence-electron chi connectivity index (χ1n) is 21.5. The minimum absolute atomic E-state index is 0.150. The number of hydrogen-bond acceptors (Lipinski definition) is 8. The van der Waals surface area contributed by atoms with Crippen LogP contribution in [-0.2, 0) is 14.3 Å². The molecule has 0 spiro atoms. The van der Waals surface area contributed by atoms with Gasteiger partial charge in [0.25, 0.3) is 0 Å². The van der Waals surface area contributed by atoms with Crippen LogP contribution in [0.1, 0.15) is 162 Å². The highest BCUT2D eigenvalue weighted by Crippen LogP contribution is 2.23. The molecule has 6 N–H and O–H groups in total. The molecule has 0 aromatic rings. The molecule has 1 aliphatic rings. The van der Waals surface area contributed by atoms with E-state index in [4.69, 9.17) is 9.47 Å². The van der Waals surface area contributed by atoms with Gasteiger partial charge in [-0.2, -0.15) is 0 Å². The second kappa shape index (κ2) is 35.3. The number of carbonyl (C=O) groups is 1. The molecular weight excluding hydrogens is 682 g/mol. The Hall–Kier alpha value is -2.11. The summed E-state index contributed by atoms with van der Waals surface area (Å²) in [6, 6.07) is -0.730. The van der Waals surface area contributed by atoms with E-state index >= 15 is 0 Å². The van der Waals surface area contributed by atoms with Gasteiger partial charge in [-0.05, 0) is 57.8 Å². The Morgan fingerprint density at radius 1 is 0.648 bits per heavy atom. The van der Waals surface area contributed by atoms with Gasteiger partial charge in [-0.3, -0.25) is 4.79 Å². The molecule has 9 nitrogen and oxygen atoms in total. The van der Waals surface area contributed by atoms with Gasteiger partial charge >= 0.3 is 0 Å². The summed E-state index contributed by atoms with van der Waals surface area (Å²) >= 11 is 0. The standard InChI is InChI=1S/C45H79NO8/c1-3-5-7-9-11-13-15-16-17-18-19-20-21-22-23-24-25-27-29-31-33-35-41(49)46-38(37-53-45-44(52)43(51)42(50)40(36-47)54-45)39(48)34-32-30-28-26-14-12-10-8-6-4-2/h5,7,11,13,16-17,19-20,22-23,38-40,42-45,47-48,50-52H,3-4,6,8-10,12,14-15,18,21,24-37H2,1-2H3,(H,46,49)/b7-5-,13-11-,17-16-,20-19-,23-22-. The first kappa shape index (κ1) is 49.9. The van der Waals surface area contributed by atoms with Crippen molar-refractivity contribution in [3.63, 3.8) is 0 Å². The molecule has 0 saturated carbocycles. The van der Waals surface area contributed by atoms with Crippen LogP contribution < -0.4 is 5.32 Å². The van der Waals surface area contributed by atoms with Crippen LogP contribution in [0.25, 0.3) is 0 Å². The monoisotopic (exact) mass is 762 g/mol. The number of amides is 1. The lowest BCUT2D eigenvalue weighted by atomic mass is 9.99. The van der Waals surface area contributed by atoms with Gasteiger partial charge in [0.2, 0.25) is 5.91 Å². The summed E-state index contributed by atoms with van der Waals surface area (Å²) in [7, 11) is 0. The maximum atomic E-state index is 12.9. The highest BCUT2D eigenvalue weighted by molar-refractivity contribution is 5.76. The van der Waals surface area contributed by atoms with Crippen LogP contribution >= 0.6 is 0 Å². The van der Waals surface area contributed by atoms with Crippen LogP contribution in [-0.4, -0.2) is 87.5 Å². The smallest absolute Gasteiger partial charge is 0.220 e. The number of carbonyl (C=O) groups excluding carboxylic acids is 1. The van der Waals surface area contributed by atoms with Gasteiger partial charge in [0.15, 0.2) is 6.29 Å². The van der Waals surface area contributed by atoms with E-state index in [1.54, 1.807) is 0 Å². The van der Waals surface area contributed by atoms with E-state index in [1.165, 1.54) is 44.9 Å². The number of unbranched alkanes of at least 4 members (excludes halogenated alkanes) is 14. The summed E-state index contributed by atoms with van der Waals surface area (Å²) in [6.07, 6.45) is 38.0. The van der Waals surface area contributed by atoms with Gasteiger partial charge in [0.1, 0.15) is 24.4 Å². The summed E-state index contributed by atoms with van der Waals surface area (Å²) in [5.41, 5.74) is 0. The molecule has 0 aromatic heterocycles. The predicted octanol–water partition coefficient (Wildman–Crippen LogP) is 8.44. The zero-order chi connectivity index (χ0) is 39.5. The van der Waals surface area contributed by atoms with E-state index < -0.39 is 49.5 Å². The lowest BCUT2D eigenvalue weighted by Gasteiger charge is -2.40. The lowest BCUT2D eigenvalue weighted by molar-refractivity contribution is -0.302. The normalized spacial score (nSPS) is 22.1. The molecular formula is C45H79NO8. The van der Waals surface area contributed by atoms with Crippen LogP contribution in [0.2, 0.25) is 0 Å². The fourth-order valence-electron chi connectivity index (χ4n) is 6.42. The van der Waals surface area contributed by atoms with E-state index in [1.807, 2.05) is 0 Å². The van der Waals surface area contributed by atoms with Crippen LogP contribution in [0.15, 0.2) is 60.8 Å². The Morgan fingerprint density at radius 3 is 1.70 bits per heavy atom. The average molecular weight is 762 g/mol. The predicted molar refractivity (Wildman–Crippen MR) is 221 cm³/mol. The zero-order valence-corrected chi connectivity index (χ0v) is 34.0. The fraction of sp³-hybridized carbons (Fsp3) is 0.756. The molecule has 0 radical (unpaired) electrons. The van der Waals surface area contributed by atoms with Crippen molar-refractivity contribution in [1.82, 2.24) is 5.32 Å². The van der Waals surface area contributed by atoms with Crippen LogP contribution in [0.5, 0.6) is 0 Å². The molecule has 9 heteroatoms. The number of hydrogen-bond donors (Lipinski definition) is 6. The number of aliphatic hydroxyl groups excluding tert-OH is 5. The number of allylic oxidation sites excluding steroid dienone is 10. The van der Waals surface area contributed by atoms with Crippen molar-refractivity contribution in [3.05, 3.63) is 60.8 Å². The zero-order valence-electron chi connectivity index (χ0n) is 34.0. The summed E-state index contributed by atoms with van der Waals surface area (Å²) in [5, 5.41) is 54.1. The Bertz CT molecular complexity index is 1030. The third-order valence-electron chi connectivity index (χ3n) is 9.89. The van der Waals surface area contributed by atoms with E-state index in [-0.39, 0.29) is 12.5 Å². The van der Waals surface area contributed by atoms with Crippen molar-refractivity contribution in [2.24, 2.45) is 0 Å². The van der Waals surface area contributed by atoms with Gasteiger partial charge < -0.3 is 40.3 Å². The fourth-order valence-corrected chi connectivity index (χ4v) is 6.42. The largest absolute Gasteiger partial charge is 0.394 e. The van der Waals surface area contributed by atoms with E-state index in [9.17, 15) is 30.3 Å². The molecule has 0 bridgehead atoms. The van der Waals surface area contributed by atoms with E-state index in [2.05, 4.69) is 79.9 Å². The molecule has 1 amide bonds. The molecule has 1 heterocycles. The second-order valence-electron chi connectivity index (χ2n) is 14.8. The number of ether oxygens (including phenoxy) is 2. The van der Waals surface area contributed by atoms with Crippen molar-refractivity contribution < 1.29 is 39.8 Å². The van der Waals surface area contributed by atoms with Crippen molar-refractivity contribution >= 4 is 5.91 Å². The molecule has 1 rings (SSSR count). The summed E-state index contributed by atoms with van der Waals surface area (Å²) in [4.78, 5) is 12.9. The van der Waals surface area contributed by atoms with Gasteiger partial charge in [-0.15, -0.1) is 0 Å². The summed E-state index contributed by atoms with van der Waals surface area (Å²) < 4.78 is 11.2. The number of aliphatic hydroxyl groups is 5. The maximum Gasteiger partial charge on any atom is 0.220 e. The first-order chi connectivity index (χ1) is 26.3. The molecule has 7 atom stereocenters. The highest BCUT2D eigenvalue weighted by Gasteiger charge is 2.44. The number of rotatable bonds is 34. The Morgan fingerprint density at radius 2 is 1.15 bits per heavy atom. The van der Waals surface area contributed by atoms with Crippen LogP contribution in [0.3, 0.4) is 0 Å². The highest BCUT2D eigenvalue weighted by atomic mass is 16.7. The molecule has 312 valence electrons. The molecule has 7 unspecified atom stereocenters. The van der Waals surface area contributed by atoms with Gasteiger partial charge in [-0.25, -0.2) is 0 Å². The van der Waals surface area contributed by atoms with Crippen molar-refractivity contribution in [2.45, 2.75) is 204 Å². The molecule has 1 aliphatic heterocycles. The van der Waals surface area contributed by atoms with Gasteiger partial charge in [0, 0.05) is 6.42 Å². The van der Waals surface area contributed by atoms with Crippen molar-refractivity contribution in [2.75, 3.05) is 13.2 Å². The SMILES string of the molecule is CC/C=C\C/C=C\C/C=C\C/C=C\C/C=C\CCCCCCCC(=O)NC(COC1OC(CO)C(O)C(O)C1O)C(O)CCCCCCCCCCCC. The second-order valence-corrected chi connectivity index (χ2v) is 14.8. The number of nitrogens with one attached hydrogen (secondary N) is 1. The van der Waals surface area contributed by atoms with Gasteiger partial charge in [0.05, 0.1) is 25.4 Å². The Labute approximate surface area is 328 Å². The minimum Gasteiger partial charge on any atom is -0.394 e. The van der Waals surface area contributed by atoms with E-state index in [0.717, 1.165) is 89.9 Å². The molecule has 0 aromatic carbocycles. The summed E-state index contributed by atoms with van der Waals surface area (Å²) in [6.45, 7) is 3.66. The first-order valence-corrected chi connectivity index (χ1v) is 21.5. The summed E-state index contributed by atoms with van der Waals surface area (Å²) in [5.74, 6) is -0.168. The van der Waals surface area contributed by atoms with Crippen LogP contribution in [0.4, 0.5) is 0 Å². The van der Waals surface area contributed by atoms with E-state index in [0.29, 0.717) is 12.8 Å². The molecule has 0 aliphatic carbocycles. The Balaban J connectivity index is 2.34. The van der Waals surface area contributed by atoms with Crippen molar-refractivity contribution in [3.8, 4) is 0 Å². The van der Waals surface area contributed by atoms with Crippen molar-refractivity contribution in [1.29, 1.82) is 0 Å². The Kier molecular flexibility index (Phi) is 32.6. The third kappa shape index (κ3) is 25.9. The quantitative estimate of drug-likeness (QED) is 0.0283. The topological polar surface area (TPSA) is 149 Å². The third-order valence-corrected chi connectivity index (χ3v) is 9.89. The molecule has 1 fully saturated rings. The molecule has 54 heavy (non-hydrogen) atoms. The maximum absolute atomic E-state index is 12.9. The minimum atomic E-state index is -1.56. The van der Waals surface area contributed by atoms with Crippen LogP contribution in [0, 0.1) is 0 Å². The lowest BCUT2D eigenvalue weighted by Crippen LogP contribution is -2.60. The average Bonchev–Trinajstić information content (AvgIpc) is 3.17.